The van der Waals surface area contributed by atoms with Gasteiger partial charge in [-0.25, -0.2) is 9.79 Å². The number of fused-ring (bicyclic) bond motifs is 1. The van der Waals surface area contributed by atoms with Crippen molar-refractivity contribution in [1.82, 2.24) is 4.57 Å². The molecular weight excluding hydrogens is 452 g/mol. The molecule has 0 aliphatic carbocycles. The van der Waals surface area contributed by atoms with Crippen molar-refractivity contribution in [3.63, 3.8) is 0 Å². The van der Waals surface area contributed by atoms with E-state index in [1.807, 2.05) is 19.1 Å². The Morgan fingerprint density at radius 3 is 2.72 bits per heavy atom. The fourth-order valence-electron chi connectivity index (χ4n) is 3.53. The highest BCUT2D eigenvalue weighted by atomic mass is 35.5. The number of hydrogen-bond acceptors (Lipinski definition) is 7. The Hall–Kier alpha value is -2.94. The van der Waals surface area contributed by atoms with Crippen LogP contribution in [-0.4, -0.2) is 30.9 Å². The maximum Gasteiger partial charge on any atom is 0.338 e. The summed E-state index contributed by atoms with van der Waals surface area (Å²) in [6.07, 6.45) is 1.68. The van der Waals surface area contributed by atoms with Crippen LogP contribution in [0.1, 0.15) is 30.0 Å². The largest absolute Gasteiger partial charge is 0.462 e. The summed E-state index contributed by atoms with van der Waals surface area (Å²) in [7, 11) is 1.52. The maximum atomic E-state index is 13.5. The molecule has 3 heterocycles. The molecule has 9 heteroatoms. The Labute approximate surface area is 192 Å². The average Bonchev–Trinajstić information content (AvgIpc) is 3.30. The van der Waals surface area contributed by atoms with Gasteiger partial charge in [0, 0.05) is 18.2 Å². The number of allylic oxidation sites excluding steroid dienone is 1. The third-order valence-electron chi connectivity index (χ3n) is 5.00. The molecule has 1 aliphatic rings. The van der Waals surface area contributed by atoms with Gasteiger partial charge in [-0.15, -0.1) is 0 Å². The third-order valence-corrected chi connectivity index (χ3v) is 6.32. The van der Waals surface area contributed by atoms with E-state index in [1.165, 1.54) is 23.0 Å². The fourth-order valence-corrected chi connectivity index (χ4v) is 4.80. The number of esters is 1. The summed E-state index contributed by atoms with van der Waals surface area (Å²) < 4.78 is 17.9. The summed E-state index contributed by atoms with van der Waals surface area (Å²) >= 11 is 7.73. The predicted octanol–water partition coefficient (Wildman–Crippen LogP) is 2.98. The Morgan fingerprint density at radius 1 is 1.25 bits per heavy atom. The number of benzene rings is 1. The highest BCUT2D eigenvalue weighted by molar-refractivity contribution is 7.07. The minimum atomic E-state index is -0.768. The number of nitrogens with zero attached hydrogens (tertiary/aromatic N) is 2. The zero-order valence-electron chi connectivity index (χ0n) is 17.8. The summed E-state index contributed by atoms with van der Waals surface area (Å²) in [5.41, 5.74) is 1.06. The van der Waals surface area contributed by atoms with Gasteiger partial charge in [0.1, 0.15) is 24.2 Å². The monoisotopic (exact) mass is 472 g/mol. The van der Waals surface area contributed by atoms with Crippen LogP contribution in [0.15, 0.2) is 61.9 Å². The quantitative estimate of drug-likeness (QED) is 0.407. The van der Waals surface area contributed by atoms with Gasteiger partial charge in [-0.05, 0) is 37.6 Å². The summed E-state index contributed by atoms with van der Waals surface area (Å²) in [6.45, 7) is 3.91. The molecule has 0 bridgehead atoms. The number of furan rings is 1. The minimum Gasteiger partial charge on any atom is -0.462 e. The summed E-state index contributed by atoms with van der Waals surface area (Å²) in [4.78, 5) is 31.5. The molecule has 0 unspecified atom stereocenters. The highest BCUT2D eigenvalue weighted by Gasteiger charge is 2.34. The van der Waals surface area contributed by atoms with Gasteiger partial charge in [-0.2, -0.15) is 0 Å². The van der Waals surface area contributed by atoms with Gasteiger partial charge >= 0.3 is 5.97 Å². The molecule has 32 heavy (non-hydrogen) atoms. The van der Waals surface area contributed by atoms with Gasteiger partial charge in [0.2, 0.25) is 0 Å². The second kappa shape index (κ2) is 9.28. The molecule has 0 spiro atoms. The zero-order valence-corrected chi connectivity index (χ0v) is 19.3. The van der Waals surface area contributed by atoms with Crippen molar-refractivity contribution in [1.29, 1.82) is 0 Å². The van der Waals surface area contributed by atoms with E-state index in [0.29, 0.717) is 31.4 Å². The number of thiazole rings is 1. The molecule has 166 valence electrons. The van der Waals surface area contributed by atoms with Crippen LogP contribution in [0.3, 0.4) is 0 Å². The minimum absolute atomic E-state index is 0.0869. The van der Waals surface area contributed by atoms with Crippen LogP contribution in [0.25, 0.3) is 6.08 Å². The first-order valence-corrected chi connectivity index (χ1v) is 11.1. The number of carbonyl (C=O) groups excluding carboxylic acids is 1. The van der Waals surface area contributed by atoms with Crippen molar-refractivity contribution >= 4 is 35.0 Å². The van der Waals surface area contributed by atoms with E-state index in [1.54, 1.807) is 37.3 Å². The van der Waals surface area contributed by atoms with Crippen LogP contribution in [0.5, 0.6) is 0 Å². The first-order chi connectivity index (χ1) is 15.4. The van der Waals surface area contributed by atoms with Crippen molar-refractivity contribution in [2.45, 2.75) is 19.9 Å². The predicted molar refractivity (Wildman–Crippen MR) is 121 cm³/mol. The molecule has 0 amide bonds. The van der Waals surface area contributed by atoms with E-state index in [2.05, 4.69) is 4.99 Å². The highest BCUT2D eigenvalue weighted by Crippen LogP contribution is 2.34. The smallest absolute Gasteiger partial charge is 0.338 e. The molecule has 1 atom stereocenters. The van der Waals surface area contributed by atoms with E-state index in [4.69, 9.17) is 25.5 Å². The van der Waals surface area contributed by atoms with Gasteiger partial charge in [0.15, 0.2) is 4.80 Å². The lowest BCUT2D eigenvalue weighted by Gasteiger charge is -2.25. The summed E-state index contributed by atoms with van der Waals surface area (Å²) in [5.74, 6) is 0.746. The number of aryl methyl sites for hydroxylation is 1. The molecule has 4 rings (SSSR count). The van der Waals surface area contributed by atoms with Crippen molar-refractivity contribution in [3.05, 3.63) is 89.5 Å². The second-order valence-electron chi connectivity index (χ2n) is 7.18. The Morgan fingerprint density at radius 2 is 2.03 bits per heavy atom. The summed E-state index contributed by atoms with van der Waals surface area (Å²) in [5, 5.41) is 0.436. The lowest BCUT2D eigenvalue weighted by Crippen LogP contribution is -2.40. The van der Waals surface area contributed by atoms with Crippen LogP contribution in [0, 0.1) is 6.92 Å². The number of ether oxygens (including phenoxy) is 2. The molecule has 1 aliphatic heterocycles. The SMILES string of the molecule is COCCOC(=O)C1=C(C)N=c2s/c(=C/c3ccc(C)o3)c(=O)n2[C@@H]1c1ccccc1Cl. The molecule has 3 aromatic rings. The number of carbonyl (C=O) groups is 1. The van der Waals surface area contributed by atoms with E-state index in [9.17, 15) is 9.59 Å². The Balaban J connectivity index is 1.91. The van der Waals surface area contributed by atoms with E-state index in [0.717, 1.165) is 5.76 Å². The standard InChI is InChI=1S/C23H21ClN2O5S/c1-13-8-9-15(31-13)12-18-21(27)26-20(16-6-4-5-7-17(16)24)19(14(2)25-23(26)32-18)22(28)30-11-10-29-3/h4-9,12,20H,10-11H2,1-3H3/b18-12+/t20-/m1/s1. The zero-order chi connectivity index (χ0) is 22.8. The molecule has 0 saturated heterocycles. The van der Waals surface area contributed by atoms with Crippen molar-refractivity contribution < 1.29 is 18.7 Å². The van der Waals surface area contributed by atoms with Gasteiger partial charge < -0.3 is 13.9 Å². The van der Waals surface area contributed by atoms with E-state index >= 15 is 0 Å². The Kier molecular flexibility index (Phi) is 6.45. The van der Waals surface area contributed by atoms with Gasteiger partial charge in [-0.3, -0.25) is 9.36 Å². The van der Waals surface area contributed by atoms with Crippen molar-refractivity contribution in [3.8, 4) is 0 Å². The molecule has 0 N–H and O–H groups in total. The third kappa shape index (κ3) is 4.21. The lowest BCUT2D eigenvalue weighted by atomic mass is 9.96. The summed E-state index contributed by atoms with van der Waals surface area (Å²) in [6, 6.07) is 9.98. The van der Waals surface area contributed by atoms with Crippen molar-refractivity contribution in [2.75, 3.05) is 20.3 Å². The van der Waals surface area contributed by atoms with Gasteiger partial charge in [0.25, 0.3) is 5.56 Å². The number of hydrogen-bond donors (Lipinski definition) is 0. The molecule has 2 aromatic heterocycles. The van der Waals surface area contributed by atoms with Crippen LogP contribution >= 0.6 is 22.9 Å². The molecular formula is C23H21ClN2O5S. The molecule has 7 nitrogen and oxygen atoms in total. The van der Waals surface area contributed by atoms with E-state index in [-0.39, 0.29) is 24.3 Å². The van der Waals surface area contributed by atoms with Crippen LogP contribution in [0.2, 0.25) is 5.02 Å². The number of rotatable bonds is 6. The first kappa shape index (κ1) is 22.3. The van der Waals surface area contributed by atoms with E-state index < -0.39 is 12.0 Å². The second-order valence-corrected chi connectivity index (χ2v) is 8.60. The van der Waals surface area contributed by atoms with Crippen LogP contribution in [-0.2, 0) is 14.3 Å². The molecule has 0 radical (unpaired) electrons. The molecule has 0 fully saturated rings. The average molecular weight is 473 g/mol. The number of methoxy groups -OCH3 is 1. The topological polar surface area (TPSA) is 83.0 Å². The van der Waals surface area contributed by atoms with Crippen LogP contribution in [0.4, 0.5) is 0 Å². The van der Waals surface area contributed by atoms with Gasteiger partial charge in [0.05, 0.1) is 22.4 Å². The molecule has 1 aromatic carbocycles. The lowest BCUT2D eigenvalue weighted by molar-refractivity contribution is -0.140. The normalized spacial score (nSPS) is 16.1. The van der Waals surface area contributed by atoms with Gasteiger partial charge in [-0.1, -0.05) is 41.1 Å². The Bertz CT molecular complexity index is 1380. The first-order valence-electron chi connectivity index (χ1n) is 9.90. The molecule has 0 saturated carbocycles. The number of aromatic nitrogens is 1. The van der Waals surface area contributed by atoms with Crippen LogP contribution < -0.4 is 14.9 Å². The van der Waals surface area contributed by atoms with Crippen molar-refractivity contribution in [2.24, 2.45) is 4.99 Å². The number of halogens is 1. The maximum absolute atomic E-state index is 13.5. The fraction of sp³-hybridized carbons (Fsp3) is 0.261.